The average Bonchev–Trinajstić information content (AvgIpc) is 2.90. The quantitative estimate of drug-likeness (QED) is 0.288. The Morgan fingerprint density at radius 1 is 0.778 bits per heavy atom. The van der Waals surface area contributed by atoms with Crippen LogP contribution in [0.5, 0.6) is 23.0 Å². The van der Waals surface area contributed by atoms with Crippen molar-refractivity contribution < 1.29 is 27.8 Å². The van der Waals surface area contributed by atoms with Gasteiger partial charge in [0.2, 0.25) is 0 Å². The lowest BCUT2D eigenvalue weighted by molar-refractivity contribution is 0.102. The first kappa shape index (κ1) is 23.0. The Balaban J connectivity index is 1.51. The van der Waals surface area contributed by atoms with Gasteiger partial charge in [0.1, 0.15) is 11.6 Å². The van der Waals surface area contributed by atoms with Gasteiger partial charge in [0.05, 0.1) is 19.7 Å². The van der Waals surface area contributed by atoms with E-state index in [0.29, 0.717) is 39.2 Å². The number of anilines is 1. The van der Waals surface area contributed by atoms with E-state index in [2.05, 4.69) is 10.3 Å². The second-order valence-corrected chi connectivity index (χ2v) is 7.87. The molecule has 0 aliphatic heterocycles. The minimum Gasteiger partial charge on any atom is -0.493 e. The lowest BCUT2D eigenvalue weighted by Gasteiger charge is -2.14. The molecule has 4 aromatic carbocycles. The molecule has 8 heteroatoms. The number of halogens is 2. The fourth-order valence-electron chi connectivity index (χ4n) is 3.96. The SMILES string of the molecule is COc1cc2nccc(Oc3ccc4c(C(=O)Nc5ccc(F)cc5)cccc4c3F)c2cc1OC. The van der Waals surface area contributed by atoms with Crippen LogP contribution in [-0.2, 0) is 0 Å². The summed E-state index contributed by atoms with van der Waals surface area (Å²) in [7, 11) is 3.05. The van der Waals surface area contributed by atoms with Gasteiger partial charge in [0.15, 0.2) is 23.1 Å². The molecule has 6 nitrogen and oxygen atoms in total. The second kappa shape index (κ2) is 9.50. The van der Waals surface area contributed by atoms with Crippen molar-refractivity contribution in [3.63, 3.8) is 0 Å². The van der Waals surface area contributed by atoms with Gasteiger partial charge in [-0.1, -0.05) is 12.1 Å². The van der Waals surface area contributed by atoms with Crippen LogP contribution in [0.25, 0.3) is 21.7 Å². The highest BCUT2D eigenvalue weighted by atomic mass is 19.1. The summed E-state index contributed by atoms with van der Waals surface area (Å²) in [4.78, 5) is 17.2. The van der Waals surface area contributed by atoms with Gasteiger partial charge in [-0.15, -0.1) is 0 Å². The fraction of sp³-hybridized carbons (Fsp3) is 0.0714. The number of ether oxygens (including phenoxy) is 3. The van der Waals surface area contributed by atoms with E-state index in [4.69, 9.17) is 14.2 Å². The number of aromatic nitrogens is 1. The molecular formula is C28H20F2N2O4. The third-order valence-corrected chi connectivity index (χ3v) is 5.73. The van der Waals surface area contributed by atoms with E-state index >= 15 is 4.39 Å². The summed E-state index contributed by atoms with van der Waals surface area (Å²) in [5, 5.41) is 3.95. The smallest absolute Gasteiger partial charge is 0.256 e. The number of pyridine rings is 1. The van der Waals surface area contributed by atoms with Crippen molar-refractivity contribution in [1.82, 2.24) is 4.98 Å². The topological polar surface area (TPSA) is 69.7 Å². The third-order valence-electron chi connectivity index (χ3n) is 5.73. The molecule has 0 radical (unpaired) electrons. The van der Waals surface area contributed by atoms with E-state index in [1.807, 2.05) is 0 Å². The van der Waals surface area contributed by atoms with Crippen molar-refractivity contribution in [2.75, 3.05) is 19.5 Å². The predicted octanol–water partition coefficient (Wildman–Crippen LogP) is 6.73. The zero-order chi connectivity index (χ0) is 25.2. The van der Waals surface area contributed by atoms with Crippen LogP contribution < -0.4 is 19.5 Å². The number of carbonyl (C=O) groups excluding carboxylic acids is 1. The molecule has 36 heavy (non-hydrogen) atoms. The van der Waals surface area contributed by atoms with E-state index in [1.54, 1.807) is 48.7 Å². The van der Waals surface area contributed by atoms with Gasteiger partial charge in [-0.05, 0) is 60.0 Å². The van der Waals surface area contributed by atoms with Gasteiger partial charge >= 0.3 is 0 Å². The molecule has 1 heterocycles. The number of nitrogens with one attached hydrogen (secondary N) is 1. The second-order valence-electron chi connectivity index (χ2n) is 7.87. The van der Waals surface area contributed by atoms with Crippen molar-refractivity contribution in [2.24, 2.45) is 0 Å². The van der Waals surface area contributed by atoms with E-state index in [9.17, 15) is 9.18 Å². The summed E-state index contributed by atoms with van der Waals surface area (Å²) < 4.78 is 45.4. The number of methoxy groups -OCH3 is 2. The highest BCUT2D eigenvalue weighted by Crippen LogP contribution is 2.38. The van der Waals surface area contributed by atoms with E-state index in [-0.39, 0.29) is 16.7 Å². The van der Waals surface area contributed by atoms with Gasteiger partial charge in [-0.25, -0.2) is 8.78 Å². The first-order valence-corrected chi connectivity index (χ1v) is 10.9. The van der Waals surface area contributed by atoms with Gasteiger partial charge in [0, 0.05) is 34.3 Å². The number of hydrogen-bond donors (Lipinski definition) is 1. The molecule has 1 aromatic heterocycles. The fourth-order valence-corrected chi connectivity index (χ4v) is 3.96. The molecule has 0 saturated carbocycles. The lowest BCUT2D eigenvalue weighted by Crippen LogP contribution is -2.12. The highest BCUT2D eigenvalue weighted by Gasteiger charge is 2.17. The number of nitrogens with zero attached hydrogens (tertiary/aromatic N) is 1. The van der Waals surface area contributed by atoms with E-state index in [0.717, 1.165) is 0 Å². The van der Waals surface area contributed by atoms with Crippen LogP contribution >= 0.6 is 0 Å². The Bertz CT molecular complexity index is 1600. The molecular weight excluding hydrogens is 466 g/mol. The number of rotatable bonds is 6. The monoisotopic (exact) mass is 486 g/mol. The van der Waals surface area contributed by atoms with Crippen LogP contribution in [-0.4, -0.2) is 25.1 Å². The molecule has 5 aromatic rings. The number of fused-ring (bicyclic) bond motifs is 2. The first-order chi connectivity index (χ1) is 17.5. The van der Waals surface area contributed by atoms with Crippen LogP contribution in [0.2, 0.25) is 0 Å². The van der Waals surface area contributed by atoms with Crippen LogP contribution in [0.4, 0.5) is 14.5 Å². The maximum atomic E-state index is 15.6. The third kappa shape index (κ3) is 4.24. The molecule has 0 bridgehead atoms. The average molecular weight is 486 g/mol. The summed E-state index contributed by atoms with van der Waals surface area (Å²) in [6.07, 6.45) is 1.56. The maximum Gasteiger partial charge on any atom is 0.256 e. The Morgan fingerprint density at radius 3 is 2.28 bits per heavy atom. The standard InChI is InChI=1S/C28H20F2N2O4/c1-34-25-14-21-22(15-26(25)35-2)31-13-12-23(21)36-24-11-10-18-19(27(24)30)4-3-5-20(18)28(33)32-17-8-6-16(29)7-9-17/h3-15H,1-2H3,(H,32,33). The minimum atomic E-state index is -0.616. The van der Waals surface area contributed by atoms with Crippen LogP contribution in [0.1, 0.15) is 10.4 Å². The molecule has 0 saturated heterocycles. The zero-order valence-corrected chi connectivity index (χ0v) is 19.3. The summed E-state index contributed by atoms with van der Waals surface area (Å²) >= 11 is 0. The lowest BCUT2D eigenvalue weighted by atomic mass is 10.0. The van der Waals surface area contributed by atoms with Gasteiger partial charge in [-0.3, -0.25) is 9.78 Å². The van der Waals surface area contributed by atoms with Crippen LogP contribution in [0.3, 0.4) is 0 Å². The van der Waals surface area contributed by atoms with Gasteiger partial charge < -0.3 is 19.5 Å². The van der Waals surface area contributed by atoms with Crippen molar-refractivity contribution in [3.05, 3.63) is 96.2 Å². The van der Waals surface area contributed by atoms with Crippen LogP contribution in [0.15, 0.2) is 79.0 Å². The Morgan fingerprint density at radius 2 is 1.53 bits per heavy atom. The van der Waals surface area contributed by atoms with Crippen molar-refractivity contribution in [1.29, 1.82) is 0 Å². The van der Waals surface area contributed by atoms with Gasteiger partial charge in [-0.2, -0.15) is 0 Å². The van der Waals surface area contributed by atoms with Crippen molar-refractivity contribution in [3.8, 4) is 23.0 Å². The summed E-state index contributed by atoms with van der Waals surface area (Å²) in [5.74, 6) is -0.106. The van der Waals surface area contributed by atoms with Gasteiger partial charge in [0.25, 0.3) is 5.91 Å². The molecule has 0 aliphatic rings. The van der Waals surface area contributed by atoms with Crippen molar-refractivity contribution in [2.45, 2.75) is 0 Å². The van der Waals surface area contributed by atoms with E-state index in [1.165, 1.54) is 44.6 Å². The first-order valence-electron chi connectivity index (χ1n) is 10.9. The maximum absolute atomic E-state index is 15.6. The van der Waals surface area contributed by atoms with Crippen LogP contribution in [0, 0.1) is 11.6 Å². The summed E-state index contributed by atoms with van der Waals surface area (Å²) in [5.41, 5.74) is 1.29. The summed E-state index contributed by atoms with van der Waals surface area (Å²) in [6.45, 7) is 0. The minimum absolute atomic E-state index is 0.0131. The molecule has 0 aliphatic carbocycles. The molecule has 1 amide bonds. The molecule has 0 fully saturated rings. The number of hydrogen-bond acceptors (Lipinski definition) is 5. The molecule has 5 rings (SSSR count). The molecule has 180 valence electrons. The zero-order valence-electron chi connectivity index (χ0n) is 19.3. The molecule has 1 N–H and O–H groups in total. The summed E-state index contributed by atoms with van der Waals surface area (Å²) in [6, 6.07) is 18.3. The Kier molecular flexibility index (Phi) is 6.08. The molecule has 0 unspecified atom stereocenters. The number of benzene rings is 4. The number of carbonyl (C=O) groups is 1. The van der Waals surface area contributed by atoms with E-state index < -0.39 is 17.5 Å². The predicted molar refractivity (Wildman–Crippen MR) is 133 cm³/mol. The Labute approximate surface area is 205 Å². The largest absolute Gasteiger partial charge is 0.493 e. The Hall–Kier alpha value is -4.72. The molecule has 0 spiro atoms. The van der Waals surface area contributed by atoms with Crippen molar-refractivity contribution >= 4 is 33.3 Å². The number of amides is 1. The highest BCUT2D eigenvalue weighted by molar-refractivity contribution is 6.13. The molecule has 0 atom stereocenters. The normalized spacial score (nSPS) is 10.9.